The van der Waals surface area contributed by atoms with E-state index in [1.54, 1.807) is 29.4 Å². The number of aromatic nitrogens is 1. The van der Waals surface area contributed by atoms with Crippen LogP contribution in [0, 0.1) is 11.2 Å². The van der Waals surface area contributed by atoms with Crippen LogP contribution in [0.4, 0.5) is 4.39 Å². The SMILES string of the molecule is CCN1CC2(CCN(C(=O)CN(CCl)/C(=C(\N)c3ccc(F)cc3)c3ccncc3)CC2)C1. The van der Waals surface area contributed by atoms with E-state index in [1.807, 2.05) is 17.0 Å². The van der Waals surface area contributed by atoms with Crippen LogP contribution in [0.25, 0.3) is 11.4 Å². The standard InChI is InChI=1S/C25H31ClFN5O/c1-2-30-16-25(17-30)9-13-31(14-10-25)22(33)15-32(18-26)24(20-7-11-29-12-8-20)23(28)19-3-5-21(27)6-4-19/h3-8,11-12H,2,9-10,13-18,28H2,1H3/b24-23-. The Hall–Kier alpha value is -2.64. The molecule has 0 bridgehead atoms. The van der Waals surface area contributed by atoms with Crippen molar-refractivity contribution in [3.8, 4) is 0 Å². The molecule has 0 radical (unpaired) electrons. The van der Waals surface area contributed by atoms with Crippen LogP contribution < -0.4 is 5.73 Å². The molecule has 0 aliphatic carbocycles. The average molecular weight is 472 g/mol. The van der Waals surface area contributed by atoms with Crippen molar-refractivity contribution in [1.29, 1.82) is 0 Å². The lowest BCUT2D eigenvalue weighted by Gasteiger charge is -2.54. The van der Waals surface area contributed by atoms with Crippen molar-refractivity contribution in [2.24, 2.45) is 11.1 Å². The lowest BCUT2D eigenvalue weighted by Crippen LogP contribution is -2.60. The molecule has 1 aromatic heterocycles. The average Bonchev–Trinajstić information content (AvgIpc) is 2.83. The zero-order valence-electron chi connectivity index (χ0n) is 19.0. The number of amides is 1. The molecule has 1 aromatic carbocycles. The molecule has 0 saturated carbocycles. The van der Waals surface area contributed by atoms with E-state index in [9.17, 15) is 9.18 Å². The van der Waals surface area contributed by atoms with E-state index in [1.165, 1.54) is 12.1 Å². The molecule has 0 atom stereocenters. The molecule has 8 heteroatoms. The fourth-order valence-corrected chi connectivity index (χ4v) is 5.11. The van der Waals surface area contributed by atoms with Crippen LogP contribution >= 0.6 is 11.6 Å². The summed E-state index contributed by atoms with van der Waals surface area (Å²) in [5.41, 5.74) is 9.46. The number of pyridine rings is 1. The minimum absolute atomic E-state index is 0.0376. The number of hydrogen-bond donors (Lipinski definition) is 1. The molecule has 2 saturated heterocycles. The van der Waals surface area contributed by atoms with Crippen LogP contribution in [0.5, 0.6) is 0 Å². The first kappa shape index (κ1) is 23.5. The minimum Gasteiger partial charge on any atom is -0.397 e. The second kappa shape index (κ2) is 10.1. The zero-order chi connectivity index (χ0) is 23.4. The van der Waals surface area contributed by atoms with Gasteiger partial charge in [-0.25, -0.2) is 4.39 Å². The highest BCUT2D eigenvalue weighted by molar-refractivity contribution is 6.18. The van der Waals surface area contributed by atoms with Gasteiger partial charge in [0.1, 0.15) is 5.82 Å². The maximum atomic E-state index is 13.5. The number of halogens is 2. The smallest absolute Gasteiger partial charge is 0.242 e. The summed E-state index contributed by atoms with van der Waals surface area (Å²) in [7, 11) is 0. The highest BCUT2D eigenvalue weighted by atomic mass is 35.5. The van der Waals surface area contributed by atoms with Gasteiger partial charge < -0.3 is 20.4 Å². The summed E-state index contributed by atoms with van der Waals surface area (Å²) < 4.78 is 13.5. The predicted octanol–water partition coefficient (Wildman–Crippen LogP) is 3.45. The van der Waals surface area contributed by atoms with Gasteiger partial charge >= 0.3 is 0 Å². The van der Waals surface area contributed by atoms with Gasteiger partial charge in [0.05, 0.1) is 23.9 Å². The Labute approximate surface area is 199 Å². The Balaban J connectivity index is 1.52. The molecular formula is C25H31ClFN5O. The van der Waals surface area contributed by atoms with E-state index < -0.39 is 0 Å². The van der Waals surface area contributed by atoms with Crippen molar-refractivity contribution < 1.29 is 9.18 Å². The third-order valence-electron chi connectivity index (χ3n) is 6.89. The molecule has 2 aliphatic rings. The van der Waals surface area contributed by atoms with Gasteiger partial charge in [0.25, 0.3) is 0 Å². The maximum absolute atomic E-state index is 13.5. The van der Waals surface area contributed by atoms with Gasteiger partial charge in [0.15, 0.2) is 0 Å². The Morgan fingerprint density at radius 2 is 1.76 bits per heavy atom. The third kappa shape index (κ3) is 5.14. The van der Waals surface area contributed by atoms with E-state index in [0.29, 0.717) is 22.4 Å². The first-order chi connectivity index (χ1) is 15.9. The van der Waals surface area contributed by atoms with Gasteiger partial charge in [0, 0.05) is 44.1 Å². The van der Waals surface area contributed by atoms with E-state index in [0.717, 1.165) is 51.1 Å². The number of hydrogen-bond acceptors (Lipinski definition) is 5. The number of carbonyl (C=O) groups is 1. The van der Waals surface area contributed by atoms with Crippen molar-refractivity contribution >= 4 is 28.9 Å². The highest BCUT2D eigenvalue weighted by Crippen LogP contribution is 2.40. The number of piperidine rings is 1. The second-order valence-corrected chi connectivity index (χ2v) is 9.25. The monoisotopic (exact) mass is 471 g/mol. The molecule has 2 aromatic rings. The molecule has 1 spiro atoms. The Morgan fingerprint density at radius 1 is 1.12 bits per heavy atom. The summed E-state index contributed by atoms with van der Waals surface area (Å²) in [6.45, 7) is 7.23. The van der Waals surface area contributed by atoms with Gasteiger partial charge in [-0.3, -0.25) is 9.78 Å². The van der Waals surface area contributed by atoms with E-state index >= 15 is 0 Å². The lowest BCUT2D eigenvalue weighted by molar-refractivity contribution is -0.136. The Bertz CT molecular complexity index is 982. The van der Waals surface area contributed by atoms with Gasteiger partial charge in [-0.05, 0) is 66.8 Å². The van der Waals surface area contributed by atoms with Gasteiger partial charge in [0.2, 0.25) is 5.91 Å². The number of benzene rings is 1. The van der Waals surface area contributed by atoms with Crippen molar-refractivity contribution in [1.82, 2.24) is 19.7 Å². The van der Waals surface area contributed by atoms with Crippen LogP contribution in [0.1, 0.15) is 30.9 Å². The fourth-order valence-electron chi connectivity index (χ4n) is 4.90. The number of rotatable bonds is 7. The summed E-state index contributed by atoms with van der Waals surface area (Å²) in [6.07, 6.45) is 5.43. The number of nitrogens with two attached hydrogens (primary N) is 1. The molecule has 176 valence electrons. The molecule has 3 heterocycles. The Kier molecular flexibility index (Phi) is 7.20. The van der Waals surface area contributed by atoms with Crippen molar-refractivity contribution in [3.63, 3.8) is 0 Å². The summed E-state index contributed by atoms with van der Waals surface area (Å²) in [4.78, 5) is 23.5. The van der Waals surface area contributed by atoms with Gasteiger partial charge in [-0.1, -0.05) is 6.92 Å². The fraction of sp³-hybridized carbons (Fsp3) is 0.440. The molecule has 1 amide bonds. The summed E-state index contributed by atoms with van der Waals surface area (Å²) in [5, 5.41) is 0. The molecule has 33 heavy (non-hydrogen) atoms. The van der Waals surface area contributed by atoms with Crippen molar-refractivity contribution in [3.05, 3.63) is 65.7 Å². The third-order valence-corrected chi connectivity index (χ3v) is 7.18. The van der Waals surface area contributed by atoms with E-state index in [-0.39, 0.29) is 24.3 Å². The van der Waals surface area contributed by atoms with E-state index in [4.69, 9.17) is 17.3 Å². The minimum atomic E-state index is -0.335. The molecule has 2 aliphatic heterocycles. The molecule has 2 N–H and O–H groups in total. The molecular weight excluding hydrogens is 441 g/mol. The van der Waals surface area contributed by atoms with Crippen molar-refractivity contribution in [2.45, 2.75) is 19.8 Å². The summed E-state index contributed by atoms with van der Waals surface area (Å²) >= 11 is 6.35. The predicted molar refractivity (Wildman–Crippen MR) is 129 cm³/mol. The van der Waals surface area contributed by atoms with Gasteiger partial charge in [-0.2, -0.15) is 0 Å². The quantitative estimate of drug-likeness (QED) is 0.495. The highest BCUT2D eigenvalue weighted by Gasteiger charge is 2.44. The summed E-state index contributed by atoms with van der Waals surface area (Å²) in [5.74, 6) is -0.298. The topological polar surface area (TPSA) is 65.7 Å². The van der Waals surface area contributed by atoms with Gasteiger partial charge in [-0.15, -0.1) is 11.6 Å². The summed E-state index contributed by atoms with van der Waals surface area (Å²) in [6, 6.07) is 9.74. The van der Waals surface area contributed by atoms with Crippen LogP contribution in [-0.2, 0) is 4.79 Å². The molecule has 4 rings (SSSR count). The van der Waals surface area contributed by atoms with Crippen LogP contribution in [0.2, 0.25) is 0 Å². The number of likely N-dealkylation sites (tertiary alicyclic amines) is 2. The van der Waals surface area contributed by atoms with Crippen LogP contribution in [-0.4, -0.2) is 70.9 Å². The maximum Gasteiger partial charge on any atom is 0.242 e. The molecule has 2 fully saturated rings. The first-order valence-electron chi connectivity index (χ1n) is 11.4. The largest absolute Gasteiger partial charge is 0.397 e. The zero-order valence-corrected chi connectivity index (χ0v) is 19.8. The first-order valence-corrected chi connectivity index (χ1v) is 12.0. The number of nitrogens with zero attached hydrogens (tertiary/aromatic N) is 4. The number of carbonyl (C=O) groups excluding carboxylic acids is 1. The molecule has 6 nitrogen and oxygen atoms in total. The lowest BCUT2D eigenvalue weighted by atomic mass is 9.72. The van der Waals surface area contributed by atoms with Crippen molar-refractivity contribution in [2.75, 3.05) is 45.3 Å². The molecule has 0 unspecified atom stereocenters. The number of alkyl halides is 1. The van der Waals surface area contributed by atoms with Crippen LogP contribution in [0.3, 0.4) is 0 Å². The van der Waals surface area contributed by atoms with Crippen LogP contribution in [0.15, 0.2) is 48.8 Å². The normalized spacial score (nSPS) is 18.6. The Morgan fingerprint density at radius 3 is 2.33 bits per heavy atom. The van der Waals surface area contributed by atoms with E-state index in [2.05, 4.69) is 16.8 Å². The second-order valence-electron chi connectivity index (χ2n) is 9.01.